The van der Waals surface area contributed by atoms with Crippen LogP contribution in [0.2, 0.25) is 5.02 Å². The van der Waals surface area contributed by atoms with Crippen molar-refractivity contribution in [2.24, 2.45) is 0 Å². The van der Waals surface area contributed by atoms with Crippen molar-refractivity contribution in [1.82, 2.24) is 0 Å². The fourth-order valence-corrected chi connectivity index (χ4v) is 5.31. The zero-order chi connectivity index (χ0) is 15.8. The Morgan fingerprint density at radius 3 is 2.57 bits per heavy atom. The summed E-state index contributed by atoms with van der Waals surface area (Å²) < 4.78 is 27.8. The Morgan fingerprint density at radius 2 is 2.05 bits per heavy atom. The lowest BCUT2D eigenvalue weighted by atomic mass is 10.3. The number of aryl methyl sites for hydroxylation is 1. The maximum absolute atomic E-state index is 12.4. The molecule has 2 rings (SSSR count). The van der Waals surface area contributed by atoms with E-state index in [1.807, 2.05) is 22.6 Å². The van der Waals surface area contributed by atoms with Crippen LogP contribution < -0.4 is 4.72 Å². The van der Waals surface area contributed by atoms with E-state index in [1.54, 1.807) is 25.1 Å². The number of halogens is 2. The number of rotatable bonds is 4. The van der Waals surface area contributed by atoms with Crippen molar-refractivity contribution >= 4 is 67.2 Å². The Kier molecular flexibility index (Phi) is 4.81. The lowest BCUT2D eigenvalue weighted by Crippen LogP contribution is -2.14. The van der Waals surface area contributed by atoms with E-state index in [0.29, 0.717) is 19.2 Å². The molecule has 0 unspecified atom stereocenters. The highest BCUT2D eigenvalue weighted by molar-refractivity contribution is 14.1. The molecule has 0 radical (unpaired) electrons. The molecular weight excluding hydrogens is 449 g/mol. The summed E-state index contributed by atoms with van der Waals surface area (Å²) in [5, 5.41) is 9.43. The highest BCUT2D eigenvalue weighted by Gasteiger charge is 2.23. The fraction of sp³-hybridized carbons (Fsp3) is 0.0833. The van der Waals surface area contributed by atoms with Crippen molar-refractivity contribution in [3.8, 4) is 0 Å². The summed E-state index contributed by atoms with van der Waals surface area (Å²) >= 11 is 8.71. The predicted molar refractivity (Wildman–Crippen MR) is 91.0 cm³/mol. The molecule has 0 saturated heterocycles. The molecule has 0 amide bonds. The van der Waals surface area contributed by atoms with E-state index in [-0.39, 0.29) is 9.77 Å². The van der Waals surface area contributed by atoms with Crippen molar-refractivity contribution < 1.29 is 18.3 Å². The molecule has 21 heavy (non-hydrogen) atoms. The summed E-state index contributed by atoms with van der Waals surface area (Å²) in [6.45, 7) is 1.57. The number of sulfonamides is 1. The van der Waals surface area contributed by atoms with Gasteiger partial charge in [0.15, 0.2) is 0 Å². The number of benzene rings is 1. The topological polar surface area (TPSA) is 83.5 Å². The van der Waals surface area contributed by atoms with E-state index in [0.717, 1.165) is 17.4 Å². The molecule has 5 nitrogen and oxygen atoms in total. The fourth-order valence-electron chi connectivity index (χ4n) is 1.61. The maximum Gasteiger partial charge on any atom is 0.345 e. The Balaban J connectivity index is 2.41. The van der Waals surface area contributed by atoms with Gasteiger partial charge in [-0.15, -0.1) is 11.3 Å². The molecule has 0 atom stereocenters. The van der Waals surface area contributed by atoms with E-state index in [1.165, 1.54) is 0 Å². The van der Waals surface area contributed by atoms with E-state index >= 15 is 0 Å². The van der Waals surface area contributed by atoms with Crippen LogP contribution in [0.5, 0.6) is 0 Å². The minimum atomic E-state index is -3.84. The quantitative estimate of drug-likeness (QED) is 0.684. The summed E-state index contributed by atoms with van der Waals surface area (Å²) in [7, 11) is -3.84. The Labute approximate surface area is 144 Å². The summed E-state index contributed by atoms with van der Waals surface area (Å²) in [5.41, 5.74) is 0.391. The maximum atomic E-state index is 12.4. The van der Waals surface area contributed by atoms with Crippen LogP contribution in [-0.4, -0.2) is 19.5 Å². The minimum Gasteiger partial charge on any atom is -0.477 e. The standard InChI is InChI=1S/C12H9ClINO4S2/c1-6-11(5-10(20-6)12(16)17)21(18,19)15-9-3-2-7(13)4-8(9)14/h2-5,15H,1H3,(H,16,17). The number of nitrogens with one attached hydrogen (secondary N) is 1. The molecule has 2 aromatic rings. The average Bonchev–Trinajstić information content (AvgIpc) is 2.76. The van der Waals surface area contributed by atoms with Crippen LogP contribution in [0, 0.1) is 10.5 Å². The average molecular weight is 458 g/mol. The van der Waals surface area contributed by atoms with Crippen LogP contribution in [0.15, 0.2) is 29.2 Å². The van der Waals surface area contributed by atoms with Gasteiger partial charge in [0.05, 0.1) is 5.69 Å². The van der Waals surface area contributed by atoms with Crippen LogP contribution in [0.3, 0.4) is 0 Å². The highest BCUT2D eigenvalue weighted by atomic mass is 127. The van der Waals surface area contributed by atoms with Crippen LogP contribution in [0.4, 0.5) is 5.69 Å². The first-order valence-electron chi connectivity index (χ1n) is 5.52. The predicted octanol–water partition coefficient (Wildman–Crippen LogP) is 3.81. The number of hydrogen-bond acceptors (Lipinski definition) is 4. The SMILES string of the molecule is Cc1sc(C(=O)O)cc1S(=O)(=O)Nc1ccc(Cl)cc1I. The molecule has 1 aromatic heterocycles. The molecule has 9 heteroatoms. The lowest BCUT2D eigenvalue weighted by Gasteiger charge is -2.09. The molecule has 0 aliphatic rings. The van der Waals surface area contributed by atoms with Gasteiger partial charge in [-0.2, -0.15) is 0 Å². The second-order valence-corrected chi connectivity index (χ2v) is 8.57. The number of carboxylic acid groups (broad SMARTS) is 1. The summed E-state index contributed by atoms with van der Waals surface area (Å²) in [6, 6.07) is 5.92. The van der Waals surface area contributed by atoms with Gasteiger partial charge in [-0.1, -0.05) is 11.6 Å². The summed E-state index contributed by atoms with van der Waals surface area (Å²) in [6.07, 6.45) is 0. The third-order valence-corrected chi connectivity index (χ3v) is 6.33. The molecule has 0 aliphatic carbocycles. The zero-order valence-electron chi connectivity index (χ0n) is 10.6. The molecule has 2 N–H and O–H groups in total. The second kappa shape index (κ2) is 6.11. The molecule has 1 aromatic carbocycles. The third kappa shape index (κ3) is 3.68. The van der Waals surface area contributed by atoms with Gasteiger partial charge < -0.3 is 5.11 Å². The molecule has 0 aliphatic heterocycles. The van der Waals surface area contributed by atoms with Crippen LogP contribution >= 0.6 is 45.5 Å². The summed E-state index contributed by atoms with van der Waals surface area (Å²) in [5.74, 6) is -1.15. The summed E-state index contributed by atoms with van der Waals surface area (Å²) in [4.78, 5) is 11.3. The van der Waals surface area contributed by atoms with Crippen LogP contribution in [0.1, 0.15) is 14.5 Å². The van der Waals surface area contributed by atoms with Gasteiger partial charge in [0.2, 0.25) is 0 Å². The van der Waals surface area contributed by atoms with Gasteiger partial charge in [0, 0.05) is 13.5 Å². The molecule has 0 fully saturated rings. The van der Waals surface area contributed by atoms with E-state index in [2.05, 4.69) is 4.72 Å². The number of hydrogen-bond donors (Lipinski definition) is 2. The van der Waals surface area contributed by atoms with E-state index < -0.39 is 16.0 Å². The Bertz CT molecular complexity index is 817. The highest BCUT2D eigenvalue weighted by Crippen LogP contribution is 2.29. The van der Waals surface area contributed by atoms with Crippen LogP contribution in [0.25, 0.3) is 0 Å². The monoisotopic (exact) mass is 457 g/mol. The van der Waals surface area contributed by atoms with Gasteiger partial charge in [0.25, 0.3) is 10.0 Å². The molecule has 0 saturated carbocycles. The smallest absolute Gasteiger partial charge is 0.345 e. The van der Waals surface area contributed by atoms with Crippen molar-refractivity contribution in [3.63, 3.8) is 0 Å². The van der Waals surface area contributed by atoms with Crippen molar-refractivity contribution in [1.29, 1.82) is 0 Å². The van der Waals surface area contributed by atoms with Gasteiger partial charge in [-0.25, -0.2) is 13.2 Å². The first kappa shape index (κ1) is 16.5. The van der Waals surface area contributed by atoms with E-state index in [9.17, 15) is 13.2 Å². The van der Waals surface area contributed by atoms with Gasteiger partial charge in [-0.3, -0.25) is 4.72 Å². The van der Waals surface area contributed by atoms with Crippen molar-refractivity contribution in [2.45, 2.75) is 11.8 Å². The number of anilines is 1. The zero-order valence-corrected chi connectivity index (χ0v) is 15.1. The van der Waals surface area contributed by atoms with Crippen molar-refractivity contribution in [3.05, 3.63) is 42.6 Å². The third-order valence-electron chi connectivity index (χ3n) is 2.55. The number of carboxylic acids is 1. The second-order valence-electron chi connectivity index (χ2n) is 4.07. The van der Waals surface area contributed by atoms with Crippen LogP contribution in [-0.2, 0) is 10.0 Å². The molecule has 0 bridgehead atoms. The molecule has 112 valence electrons. The Morgan fingerprint density at radius 1 is 1.38 bits per heavy atom. The van der Waals surface area contributed by atoms with Gasteiger partial charge in [0.1, 0.15) is 9.77 Å². The molecule has 1 heterocycles. The number of thiophene rings is 1. The van der Waals surface area contributed by atoms with Gasteiger partial charge >= 0.3 is 5.97 Å². The minimum absolute atomic E-state index is 0.0151. The largest absolute Gasteiger partial charge is 0.477 e. The first-order valence-corrected chi connectivity index (χ1v) is 9.28. The Hall–Kier alpha value is -0.840. The van der Waals surface area contributed by atoms with Crippen molar-refractivity contribution in [2.75, 3.05) is 4.72 Å². The van der Waals surface area contributed by atoms with Gasteiger partial charge in [-0.05, 0) is 53.8 Å². The molecule has 0 spiro atoms. The van der Waals surface area contributed by atoms with E-state index in [4.69, 9.17) is 16.7 Å². The molecular formula is C12H9ClINO4S2. The normalized spacial score (nSPS) is 11.4. The lowest BCUT2D eigenvalue weighted by molar-refractivity contribution is 0.0702. The number of carbonyl (C=O) groups is 1. The first-order chi connectivity index (χ1) is 9.70. The number of aromatic carboxylic acids is 1.